The monoisotopic (exact) mass is 407 g/mol. The molecule has 0 spiro atoms. The molecule has 3 rings (SSSR count). The molecule has 0 bridgehead atoms. The molecule has 8 heteroatoms. The molecule has 0 saturated heterocycles. The van der Waals surface area contributed by atoms with E-state index in [4.69, 9.17) is 4.74 Å². The third-order valence-corrected chi connectivity index (χ3v) is 4.85. The lowest BCUT2D eigenvalue weighted by molar-refractivity contribution is -0.0566. The Balaban J connectivity index is 1.92. The first-order chi connectivity index (χ1) is 11.8. The van der Waals surface area contributed by atoms with Crippen LogP contribution in [-0.2, 0) is 23.4 Å². The molecule has 0 atom stereocenters. The van der Waals surface area contributed by atoms with Crippen LogP contribution >= 0.6 is 15.9 Å². The topological polar surface area (TPSA) is 93.5 Å². The van der Waals surface area contributed by atoms with Gasteiger partial charge in [0.05, 0.1) is 13.2 Å². The Morgan fingerprint density at radius 2 is 2.16 bits per heavy atom. The van der Waals surface area contributed by atoms with Crippen LogP contribution in [0.5, 0.6) is 5.75 Å². The van der Waals surface area contributed by atoms with Gasteiger partial charge in [-0.1, -0.05) is 34.1 Å². The SMILES string of the molecule is CC1(C)OCCn2c1nc(C(=O)NCc1ccccc1Br)c(O)c2=O. The molecule has 1 amide bonds. The Morgan fingerprint density at radius 1 is 1.44 bits per heavy atom. The summed E-state index contributed by atoms with van der Waals surface area (Å²) in [6.07, 6.45) is 0. The zero-order valence-corrected chi connectivity index (χ0v) is 15.5. The van der Waals surface area contributed by atoms with Gasteiger partial charge in [-0.15, -0.1) is 0 Å². The lowest BCUT2D eigenvalue weighted by Crippen LogP contribution is -2.42. The molecule has 0 aliphatic carbocycles. The van der Waals surface area contributed by atoms with Crippen LogP contribution in [-0.4, -0.2) is 27.2 Å². The fourth-order valence-corrected chi connectivity index (χ4v) is 3.15. The van der Waals surface area contributed by atoms with Crippen molar-refractivity contribution in [3.63, 3.8) is 0 Å². The lowest BCUT2D eigenvalue weighted by atomic mass is 10.1. The van der Waals surface area contributed by atoms with Crippen LogP contribution in [0, 0.1) is 0 Å². The molecular formula is C17H18BrN3O4. The molecule has 1 aliphatic heterocycles. The number of ether oxygens (including phenoxy) is 1. The molecule has 0 unspecified atom stereocenters. The highest BCUT2D eigenvalue weighted by Crippen LogP contribution is 2.27. The molecule has 1 aromatic carbocycles. The molecule has 2 aromatic rings. The number of nitrogens with zero attached hydrogens (tertiary/aromatic N) is 2. The van der Waals surface area contributed by atoms with Crippen molar-refractivity contribution in [2.75, 3.05) is 6.61 Å². The Bertz CT molecular complexity index is 892. The Kier molecular flexibility index (Phi) is 4.66. The number of aromatic nitrogens is 2. The minimum Gasteiger partial charge on any atom is -0.501 e. The minimum atomic E-state index is -0.817. The average molecular weight is 408 g/mol. The summed E-state index contributed by atoms with van der Waals surface area (Å²) in [6, 6.07) is 7.45. The summed E-state index contributed by atoms with van der Waals surface area (Å²) in [5.74, 6) is -0.936. The second-order valence-corrected chi connectivity index (χ2v) is 7.08. The van der Waals surface area contributed by atoms with E-state index in [0.717, 1.165) is 10.0 Å². The van der Waals surface area contributed by atoms with Gasteiger partial charge in [0.2, 0.25) is 5.75 Å². The Hall–Kier alpha value is -2.19. The number of carbonyl (C=O) groups excluding carboxylic acids is 1. The first-order valence-electron chi connectivity index (χ1n) is 7.81. The third-order valence-electron chi connectivity index (χ3n) is 4.07. The molecule has 2 heterocycles. The maximum Gasteiger partial charge on any atom is 0.296 e. The quantitative estimate of drug-likeness (QED) is 0.810. The summed E-state index contributed by atoms with van der Waals surface area (Å²) in [5.41, 5.74) is -0.870. The van der Waals surface area contributed by atoms with Crippen LogP contribution in [0.2, 0.25) is 0 Å². The van der Waals surface area contributed by atoms with Gasteiger partial charge < -0.3 is 15.2 Å². The smallest absolute Gasteiger partial charge is 0.296 e. The van der Waals surface area contributed by atoms with Crippen molar-refractivity contribution >= 4 is 21.8 Å². The second-order valence-electron chi connectivity index (χ2n) is 6.22. The number of rotatable bonds is 3. The van der Waals surface area contributed by atoms with Gasteiger partial charge in [-0.25, -0.2) is 4.98 Å². The standard InChI is InChI=1S/C17H18BrN3O4/c1-17(2)16-20-12(13(22)15(24)21(16)7-8-25-17)14(23)19-9-10-5-3-4-6-11(10)18/h3-6,22H,7-9H2,1-2H3,(H,19,23). The van der Waals surface area contributed by atoms with Gasteiger partial charge in [0, 0.05) is 11.0 Å². The summed E-state index contributed by atoms with van der Waals surface area (Å²) in [7, 11) is 0. The second kappa shape index (κ2) is 6.61. The maximum absolute atomic E-state index is 12.5. The first kappa shape index (κ1) is 17.6. The van der Waals surface area contributed by atoms with E-state index in [0.29, 0.717) is 12.4 Å². The predicted molar refractivity (Wildman–Crippen MR) is 94.5 cm³/mol. The van der Waals surface area contributed by atoms with Gasteiger partial charge in [-0.3, -0.25) is 14.2 Å². The Morgan fingerprint density at radius 3 is 2.88 bits per heavy atom. The van der Waals surface area contributed by atoms with Crippen molar-refractivity contribution < 1.29 is 14.6 Å². The molecule has 0 fully saturated rings. The van der Waals surface area contributed by atoms with Gasteiger partial charge in [-0.2, -0.15) is 0 Å². The van der Waals surface area contributed by atoms with Gasteiger partial charge in [-0.05, 0) is 25.5 Å². The van der Waals surface area contributed by atoms with E-state index in [1.807, 2.05) is 24.3 Å². The largest absolute Gasteiger partial charge is 0.501 e. The van der Waals surface area contributed by atoms with Crippen molar-refractivity contribution in [1.82, 2.24) is 14.9 Å². The molecule has 1 aromatic heterocycles. The highest BCUT2D eigenvalue weighted by molar-refractivity contribution is 9.10. The molecule has 2 N–H and O–H groups in total. The van der Waals surface area contributed by atoms with Gasteiger partial charge in [0.25, 0.3) is 11.5 Å². The number of hydrogen-bond donors (Lipinski definition) is 2. The molecule has 7 nitrogen and oxygen atoms in total. The molecule has 1 aliphatic rings. The molecule has 25 heavy (non-hydrogen) atoms. The number of hydrogen-bond acceptors (Lipinski definition) is 5. The van der Waals surface area contributed by atoms with Crippen molar-refractivity contribution in [3.05, 3.63) is 56.2 Å². The summed E-state index contributed by atoms with van der Waals surface area (Å²) in [4.78, 5) is 29.1. The molecular weight excluding hydrogens is 390 g/mol. The normalized spacial score (nSPS) is 15.5. The number of benzene rings is 1. The van der Waals surface area contributed by atoms with Gasteiger partial charge >= 0.3 is 0 Å². The van der Waals surface area contributed by atoms with Crippen LogP contribution in [0.25, 0.3) is 0 Å². The number of amides is 1. The van der Waals surface area contributed by atoms with Crippen molar-refractivity contribution in [1.29, 1.82) is 0 Å². The fraction of sp³-hybridized carbons (Fsp3) is 0.353. The fourth-order valence-electron chi connectivity index (χ4n) is 2.73. The zero-order valence-electron chi connectivity index (χ0n) is 13.9. The number of halogens is 1. The summed E-state index contributed by atoms with van der Waals surface area (Å²) >= 11 is 3.41. The van der Waals surface area contributed by atoms with Crippen LogP contribution in [0.1, 0.15) is 35.7 Å². The highest BCUT2D eigenvalue weighted by Gasteiger charge is 2.34. The van der Waals surface area contributed by atoms with Crippen LogP contribution in [0.15, 0.2) is 33.5 Å². The van der Waals surface area contributed by atoms with Crippen LogP contribution in [0.4, 0.5) is 0 Å². The number of fused-ring (bicyclic) bond motifs is 1. The number of aromatic hydroxyl groups is 1. The van der Waals surface area contributed by atoms with Crippen molar-refractivity contribution in [3.8, 4) is 5.75 Å². The van der Waals surface area contributed by atoms with Crippen LogP contribution in [0.3, 0.4) is 0 Å². The van der Waals surface area contributed by atoms with E-state index < -0.39 is 22.8 Å². The molecule has 0 radical (unpaired) electrons. The van der Waals surface area contributed by atoms with E-state index in [-0.39, 0.29) is 18.8 Å². The maximum atomic E-state index is 12.5. The minimum absolute atomic E-state index is 0.236. The molecule has 0 saturated carbocycles. The van der Waals surface area contributed by atoms with Crippen LogP contribution < -0.4 is 10.9 Å². The zero-order chi connectivity index (χ0) is 18.2. The first-order valence-corrected chi connectivity index (χ1v) is 8.60. The van der Waals surface area contributed by atoms with E-state index in [2.05, 4.69) is 26.2 Å². The predicted octanol–water partition coefficient (Wildman–Crippen LogP) is 1.91. The van der Waals surface area contributed by atoms with E-state index in [1.54, 1.807) is 13.8 Å². The Labute approximate surface area is 152 Å². The third kappa shape index (κ3) is 3.32. The summed E-state index contributed by atoms with van der Waals surface area (Å²) < 4.78 is 7.83. The number of carbonyl (C=O) groups is 1. The average Bonchev–Trinajstić information content (AvgIpc) is 2.57. The van der Waals surface area contributed by atoms with E-state index in [9.17, 15) is 14.7 Å². The summed E-state index contributed by atoms with van der Waals surface area (Å²) in [6.45, 7) is 4.40. The van der Waals surface area contributed by atoms with Gasteiger partial charge in [0.15, 0.2) is 5.69 Å². The molecule has 132 valence electrons. The lowest BCUT2D eigenvalue weighted by Gasteiger charge is -2.32. The van der Waals surface area contributed by atoms with Crippen molar-refractivity contribution in [2.45, 2.75) is 32.5 Å². The highest BCUT2D eigenvalue weighted by atomic mass is 79.9. The van der Waals surface area contributed by atoms with E-state index >= 15 is 0 Å². The van der Waals surface area contributed by atoms with Gasteiger partial charge in [0.1, 0.15) is 11.4 Å². The van der Waals surface area contributed by atoms with Crippen molar-refractivity contribution in [2.24, 2.45) is 0 Å². The summed E-state index contributed by atoms with van der Waals surface area (Å²) in [5, 5.41) is 12.8. The van der Waals surface area contributed by atoms with E-state index in [1.165, 1.54) is 4.57 Å². The number of nitrogens with one attached hydrogen (secondary N) is 1.